The molecule has 2 heterocycles. The second kappa shape index (κ2) is 19.8. The highest BCUT2D eigenvalue weighted by Gasteiger charge is 2.30. The normalized spacial score (nSPS) is 12.8. The molecule has 0 amide bonds. The highest BCUT2D eigenvalue weighted by molar-refractivity contribution is 5.99. The summed E-state index contributed by atoms with van der Waals surface area (Å²) in [5, 5.41) is 12.9. The summed E-state index contributed by atoms with van der Waals surface area (Å²) in [4.78, 5) is 10.7. The van der Waals surface area contributed by atoms with Gasteiger partial charge in [0.15, 0.2) is 0 Å². The number of benzene rings is 9. The Morgan fingerprint density at radius 1 is 0.403 bits per heavy atom. The number of para-hydroxylation sites is 1. The molecule has 4 heteroatoms. The third-order valence-corrected chi connectivity index (χ3v) is 15.0. The Morgan fingerprint density at radius 2 is 0.948 bits per heavy atom. The zero-order chi connectivity index (χ0) is 56.3. The lowest BCUT2D eigenvalue weighted by Gasteiger charge is -2.28. The molecule has 77 heavy (non-hydrogen) atoms. The number of rotatable bonds is 9. The molecule has 4 nitrogen and oxygen atoms in total. The summed E-state index contributed by atoms with van der Waals surface area (Å²) in [6, 6.07) is 73.1. The maximum absolute atomic E-state index is 12.9. The predicted octanol–water partition coefficient (Wildman–Crippen LogP) is 19.7. The highest BCUT2D eigenvalue weighted by atomic mass is 16.3. The van der Waals surface area contributed by atoms with E-state index in [4.69, 9.17) is 14.1 Å². The Labute approximate surface area is 459 Å². The van der Waals surface area contributed by atoms with Gasteiger partial charge in [-0.25, -0.2) is 4.98 Å². The molecular formula is C73H67N3O. The first-order valence-electron chi connectivity index (χ1n) is 28.2. The minimum Gasteiger partial charge on any atom is -0.507 e. The molecule has 0 saturated heterocycles. The van der Waals surface area contributed by atoms with Gasteiger partial charge in [-0.2, -0.15) is 0 Å². The average molecular weight is 1010 g/mol. The van der Waals surface area contributed by atoms with E-state index in [1.165, 1.54) is 11.1 Å². The first-order valence-corrected chi connectivity index (χ1v) is 26.7. The van der Waals surface area contributed by atoms with Crippen molar-refractivity contribution in [1.29, 1.82) is 0 Å². The average Bonchev–Trinajstić information content (AvgIpc) is 4.08. The zero-order valence-corrected chi connectivity index (χ0v) is 45.6. The molecule has 380 valence electrons. The van der Waals surface area contributed by atoms with Crippen LogP contribution >= 0.6 is 0 Å². The number of nitrogens with zero attached hydrogens (tertiary/aromatic N) is 3. The number of fused-ring (bicyclic) bond motifs is 1. The molecule has 2 aromatic heterocycles. The molecule has 0 saturated carbocycles. The maximum atomic E-state index is 12.9. The van der Waals surface area contributed by atoms with E-state index in [1.807, 2.05) is 60.8 Å². The van der Waals surface area contributed by atoms with Gasteiger partial charge in [0.1, 0.15) is 11.6 Å². The number of aromatic hydroxyl groups is 1. The summed E-state index contributed by atoms with van der Waals surface area (Å²) < 4.78 is 29.6. The lowest BCUT2D eigenvalue weighted by molar-refractivity contribution is 0.446. The third kappa shape index (κ3) is 10.0. The van der Waals surface area contributed by atoms with Gasteiger partial charge in [0.2, 0.25) is 0 Å². The van der Waals surface area contributed by atoms with Crippen molar-refractivity contribution < 1.29 is 9.22 Å². The van der Waals surface area contributed by atoms with Crippen molar-refractivity contribution >= 4 is 11.0 Å². The Morgan fingerprint density at radius 3 is 1.56 bits per heavy atom. The van der Waals surface area contributed by atoms with Crippen LogP contribution in [0.4, 0.5) is 0 Å². The highest BCUT2D eigenvalue weighted by Crippen LogP contribution is 2.47. The fourth-order valence-electron chi connectivity index (χ4n) is 10.6. The van der Waals surface area contributed by atoms with E-state index in [0.717, 1.165) is 83.5 Å². The summed E-state index contributed by atoms with van der Waals surface area (Å²) >= 11 is 0. The fraction of sp³-hybridized carbons (Fsp3) is 0.178. The van der Waals surface area contributed by atoms with Crippen LogP contribution in [0, 0.1) is 6.85 Å². The van der Waals surface area contributed by atoms with Crippen LogP contribution in [0.15, 0.2) is 219 Å². The van der Waals surface area contributed by atoms with Gasteiger partial charge in [0, 0.05) is 32.6 Å². The number of aromatic nitrogens is 3. The van der Waals surface area contributed by atoms with Crippen molar-refractivity contribution in [2.45, 2.75) is 85.4 Å². The van der Waals surface area contributed by atoms with Crippen molar-refractivity contribution in [2.24, 2.45) is 0 Å². The summed E-state index contributed by atoms with van der Waals surface area (Å²) in [5.41, 5.74) is 18.2. The van der Waals surface area contributed by atoms with Gasteiger partial charge >= 0.3 is 0 Å². The topological polar surface area (TPSA) is 50.9 Å². The minimum absolute atomic E-state index is 0.0994. The lowest BCUT2D eigenvalue weighted by Crippen LogP contribution is -2.17. The van der Waals surface area contributed by atoms with Gasteiger partial charge in [0.05, 0.1) is 28.0 Å². The van der Waals surface area contributed by atoms with Crippen molar-refractivity contribution in [3.63, 3.8) is 0 Å². The number of hydrogen-bond donors (Lipinski definition) is 1. The molecule has 1 N–H and O–H groups in total. The molecule has 0 atom stereocenters. The van der Waals surface area contributed by atoms with Gasteiger partial charge < -0.3 is 5.11 Å². The van der Waals surface area contributed by atoms with E-state index < -0.39 is 12.3 Å². The van der Waals surface area contributed by atoms with E-state index >= 15 is 0 Å². The molecule has 0 unspecified atom stereocenters. The van der Waals surface area contributed by atoms with Crippen LogP contribution in [-0.4, -0.2) is 19.6 Å². The fourth-order valence-corrected chi connectivity index (χ4v) is 10.6. The first-order chi connectivity index (χ1) is 38.1. The van der Waals surface area contributed by atoms with Gasteiger partial charge in [-0.15, -0.1) is 0 Å². The summed E-state index contributed by atoms with van der Waals surface area (Å²) in [6.07, 6.45) is 1.88. The summed E-state index contributed by atoms with van der Waals surface area (Å²) in [7, 11) is 0. The molecule has 9 aromatic carbocycles. The molecule has 11 aromatic rings. The molecule has 11 rings (SSSR count). The van der Waals surface area contributed by atoms with Gasteiger partial charge in [-0.3, -0.25) is 9.55 Å². The molecule has 0 bridgehead atoms. The zero-order valence-electron chi connectivity index (χ0n) is 48.6. The molecule has 0 aliphatic carbocycles. The van der Waals surface area contributed by atoms with Crippen molar-refractivity contribution in [3.8, 4) is 101 Å². The smallest absolute Gasteiger partial charge is 0.149 e. The molecule has 0 aliphatic rings. The van der Waals surface area contributed by atoms with E-state index in [-0.39, 0.29) is 22.1 Å². The summed E-state index contributed by atoms with van der Waals surface area (Å²) in [5.74, 6) is 0.621. The van der Waals surface area contributed by atoms with Crippen LogP contribution in [0.5, 0.6) is 5.75 Å². The van der Waals surface area contributed by atoms with Crippen LogP contribution in [-0.2, 0) is 16.2 Å². The Balaban J connectivity index is 1.20. The number of pyridine rings is 1. The van der Waals surface area contributed by atoms with Crippen molar-refractivity contribution in [2.75, 3.05) is 0 Å². The number of hydrogen-bond acceptors (Lipinski definition) is 3. The van der Waals surface area contributed by atoms with Crippen LogP contribution in [0.2, 0.25) is 0 Å². The van der Waals surface area contributed by atoms with E-state index in [1.54, 1.807) is 0 Å². The van der Waals surface area contributed by atoms with Crippen LogP contribution in [0.25, 0.3) is 106 Å². The van der Waals surface area contributed by atoms with Gasteiger partial charge in [0.25, 0.3) is 0 Å². The first kappa shape index (κ1) is 46.9. The quantitative estimate of drug-likeness (QED) is 0.157. The minimum atomic E-state index is -2.50. The molecule has 0 fully saturated rings. The number of phenols is 1. The molecule has 0 radical (unpaired) electrons. The van der Waals surface area contributed by atoms with Crippen LogP contribution in [0.3, 0.4) is 0 Å². The van der Waals surface area contributed by atoms with Crippen LogP contribution in [0.1, 0.15) is 88.7 Å². The van der Waals surface area contributed by atoms with E-state index in [9.17, 15) is 5.11 Å². The molecular weight excluding hydrogens is 935 g/mol. The van der Waals surface area contributed by atoms with Crippen molar-refractivity contribution in [3.05, 3.63) is 241 Å². The molecule has 0 aliphatic heterocycles. The lowest BCUT2D eigenvalue weighted by atomic mass is 9.79. The number of imidazole rings is 1. The second-order valence-electron chi connectivity index (χ2n) is 23.5. The number of aryl methyl sites for hydroxylation is 1. The number of phenolic OH excluding ortho intramolecular Hbond substituents is 1. The maximum Gasteiger partial charge on any atom is 0.149 e. The summed E-state index contributed by atoms with van der Waals surface area (Å²) in [6.45, 7) is 17.0. The predicted molar refractivity (Wildman–Crippen MR) is 325 cm³/mol. The monoisotopic (exact) mass is 1000 g/mol. The van der Waals surface area contributed by atoms with Crippen LogP contribution < -0.4 is 0 Å². The molecule has 0 spiro atoms. The Hall–Kier alpha value is -8.60. The van der Waals surface area contributed by atoms with E-state index in [0.29, 0.717) is 28.2 Å². The standard InChI is InChI=1S/C73H67N3O/c1-47-39-67(62(46-61(47)52-25-18-13-19-26-52)53-33-35-58(36-34-53)71(2,3)4)76-66-28-20-27-60(68(66)75-70(76)63-44-59(72(5,6)7)45-64(69(63)77)73(8,9)10)56-40-55(49-23-16-12-17-24-49)41-57(42-56)65-43-54(37-38-74-65)51-31-29-50(30-32-51)48-21-14-11-15-22-48/h11-46,77H,1-10H3/i1D3. The van der Waals surface area contributed by atoms with Crippen molar-refractivity contribution in [1.82, 2.24) is 14.5 Å². The third-order valence-electron chi connectivity index (χ3n) is 15.0. The van der Waals surface area contributed by atoms with Gasteiger partial charge in [-0.1, -0.05) is 220 Å². The Kier molecular flexibility index (Phi) is 12.1. The van der Waals surface area contributed by atoms with Gasteiger partial charge in [-0.05, 0) is 150 Å². The largest absolute Gasteiger partial charge is 0.507 e. The van der Waals surface area contributed by atoms with E-state index in [2.05, 4.69) is 225 Å². The second-order valence-corrected chi connectivity index (χ2v) is 23.5. The SMILES string of the molecule is [2H]C([2H])([2H])c1cc(-n2c(-c3cc(C(C)(C)C)cc(C(C)(C)C)c3O)nc3c(-c4cc(-c5ccccc5)cc(-c5cc(-c6ccc(-c7ccccc7)cc6)ccn5)c4)cccc32)c(-c2ccc(C(C)(C)C)cc2)cc1-c1ccccc1. The Bertz CT molecular complexity index is 4070.